The summed E-state index contributed by atoms with van der Waals surface area (Å²) in [6.07, 6.45) is 0. The summed E-state index contributed by atoms with van der Waals surface area (Å²) in [5.74, 6) is -0.265. The van der Waals surface area contributed by atoms with E-state index in [0.29, 0.717) is 16.8 Å². The summed E-state index contributed by atoms with van der Waals surface area (Å²) in [5.41, 5.74) is 0.144. The third-order valence-electron chi connectivity index (χ3n) is 2.60. The number of fused-ring (bicyclic) bond motifs is 3. The molecule has 0 saturated carbocycles. The zero-order chi connectivity index (χ0) is 11.3. The van der Waals surface area contributed by atoms with Crippen LogP contribution >= 0.6 is 0 Å². The largest absolute Gasteiger partial charge is 0.315 e. The molecule has 0 spiro atoms. The van der Waals surface area contributed by atoms with Crippen molar-refractivity contribution in [3.63, 3.8) is 0 Å². The number of nitrogens with one attached hydrogen (secondary N) is 2. The highest BCUT2D eigenvalue weighted by Crippen LogP contribution is 2.31. The fourth-order valence-corrected chi connectivity index (χ4v) is 1.87. The summed E-state index contributed by atoms with van der Waals surface area (Å²) in [5, 5.41) is 0. The average Bonchev–Trinajstić information content (AvgIpc) is 2.55. The Hall–Kier alpha value is -2.43. The van der Waals surface area contributed by atoms with Crippen molar-refractivity contribution in [2.45, 2.75) is 0 Å². The molecule has 0 fully saturated rings. The second-order valence-electron chi connectivity index (χ2n) is 3.53. The number of hydrogen-bond acceptors (Lipinski definition) is 3. The molecule has 5 heteroatoms. The van der Waals surface area contributed by atoms with Crippen LogP contribution in [0.2, 0.25) is 0 Å². The maximum Gasteiger partial charge on any atom is 0.314 e. The molecule has 0 radical (unpaired) electrons. The first-order chi connectivity index (χ1) is 7.68. The number of carbonyl (C=O) groups excluding carboxylic acids is 1. The van der Waals surface area contributed by atoms with Crippen LogP contribution in [-0.4, -0.2) is 15.8 Å². The van der Waals surface area contributed by atoms with Gasteiger partial charge in [0.1, 0.15) is 5.69 Å². The molecule has 1 aliphatic rings. The molecule has 2 N–H and O–H groups in total. The van der Waals surface area contributed by atoms with Crippen LogP contribution in [0.15, 0.2) is 33.9 Å². The van der Waals surface area contributed by atoms with E-state index in [2.05, 4.69) is 9.97 Å². The highest BCUT2D eigenvalue weighted by molar-refractivity contribution is 6.19. The third-order valence-corrected chi connectivity index (χ3v) is 2.60. The average molecular weight is 214 g/mol. The predicted molar refractivity (Wildman–Crippen MR) is 56.6 cm³/mol. The van der Waals surface area contributed by atoms with Gasteiger partial charge in [0.05, 0.1) is 5.69 Å². The van der Waals surface area contributed by atoms with Crippen LogP contribution < -0.4 is 11.1 Å². The summed E-state index contributed by atoms with van der Waals surface area (Å²) >= 11 is 0. The third kappa shape index (κ3) is 0.967. The van der Waals surface area contributed by atoms with Crippen molar-refractivity contribution in [2.75, 3.05) is 0 Å². The maximum absolute atomic E-state index is 11.9. The van der Waals surface area contributed by atoms with Crippen molar-refractivity contribution in [3.05, 3.63) is 56.2 Å². The summed E-state index contributed by atoms with van der Waals surface area (Å²) < 4.78 is 0. The Labute approximate surface area is 88.8 Å². The topological polar surface area (TPSA) is 82.8 Å². The van der Waals surface area contributed by atoms with Gasteiger partial charge in [-0.15, -0.1) is 0 Å². The molecular formula is C11H6N2O3. The van der Waals surface area contributed by atoms with Crippen molar-refractivity contribution in [1.82, 2.24) is 9.97 Å². The van der Waals surface area contributed by atoms with Crippen LogP contribution in [0, 0.1) is 0 Å². The Morgan fingerprint density at radius 2 is 1.31 bits per heavy atom. The van der Waals surface area contributed by atoms with Gasteiger partial charge in [0.2, 0.25) is 5.78 Å². The van der Waals surface area contributed by atoms with Crippen LogP contribution in [0.4, 0.5) is 0 Å². The van der Waals surface area contributed by atoms with Gasteiger partial charge in [-0.1, -0.05) is 24.3 Å². The first-order valence-electron chi connectivity index (χ1n) is 4.69. The maximum atomic E-state index is 11.9. The van der Waals surface area contributed by atoms with E-state index in [1.165, 1.54) is 0 Å². The quantitative estimate of drug-likeness (QED) is 0.527. The van der Waals surface area contributed by atoms with Crippen molar-refractivity contribution < 1.29 is 4.79 Å². The van der Waals surface area contributed by atoms with Gasteiger partial charge < -0.3 is 9.97 Å². The summed E-state index contributed by atoms with van der Waals surface area (Å²) in [4.78, 5) is 38.9. The van der Waals surface area contributed by atoms with Crippen molar-refractivity contribution in [2.24, 2.45) is 0 Å². The Balaban J connectivity index is 2.47. The number of benzene rings is 1. The van der Waals surface area contributed by atoms with Crippen LogP contribution in [0.1, 0.15) is 16.1 Å². The van der Waals surface area contributed by atoms with E-state index in [0.717, 1.165) is 0 Å². The Morgan fingerprint density at radius 3 is 2.00 bits per heavy atom. The molecule has 0 unspecified atom stereocenters. The van der Waals surface area contributed by atoms with E-state index in [1.807, 2.05) is 0 Å². The first kappa shape index (κ1) is 8.84. The van der Waals surface area contributed by atoms with E-state index in [9.17, 15) is 14.4 Å². The minimum Gasteiger partial charge on any atom is -0.315 e. The molecule has 16 heavy (non-hydrogen) atoms. The van der Waals surface area contributed by atoms with Crippen LogP contribution in [0.5, 0.6) is 0 Å². The second-order valence-corrected chi connectivity index (χ2v) is 3.53. The zero-order valence-electron chi connectivity index (χ0n) is 8.03. The van der Waals surface area contributed by atoms with Crippen LogP contribution in [0.3, 0.4) is 0 Å². The number of aromatic amines is 2. The minimum absolute atomic E-state index is 0.158. The van der Waals surface area contributed by atoms with E-state index in [-0.39, 0.29) is 11.5 Å². The highest BCUT2D eigenvalue weighted by Gasteiger charge is 2.28. The van der Waals surface area contributed by atoms with E-state index in [4.69, 9.17) is 0 Å². The molecule has 1 aromatic carbocycles. The van der Waals surface area contributed by atoms with E-state index < -0.39 is 11.1 Å². The van der Waals surface area contributed by atoms with Crippen molar-refractivity contribution in [3.8, 4) is 11.3 Å². The summed E-state index contributed by atoms with van der Waals surface area (Å²) in [6, 6.07) is 6.89. The van der Waals surface area contributed by atoms with Crippen molar-refractivity contribution in [1.29, 1.82) is 0 Å². The molecule has 5 nitrogen and oxygen atoms in total. The Bertz CT molecular complexity index is 724. The zero-order valence-corrected chi connectivity index (χ0v) is 8.03. The number of H-pyrrole nitrogens is 2. The molecule has 2 aromatic rings. The van der Waals surface area contributed by atoms with Gasteiger partial charge in [0, 0.05) is 11.1 Å². The Kier molecular flexibility index (Phi) is 1.54. The van der Waals surface area contributed by atoms with Gasteiger partial charge in [-0.3, -0.25) is 14.4 Å². The standard InChI is InChI=1S/C11H6N2O3/c14-9-6-4-2-1-3-5(6)7-8(9)13-11(16)10(15)12-7/h1-4H,(H,12,15)(H,13,16). The SMILES string of the molecule is O=C1c2ccccc2-c2[nH]c(=O)c(=O)[nH]c21. The summed E-state index contributed by atoms with van der Waals surface area (Å²) in [6.45, 7) is 0. The predicted octanol–water partition coefficient (Wildman–Crippen LogP) is 0.275. The highest BCUT2D eigenvalue weighted by atomic mass is 16.2. The molecule has 3 rings (SSSR count). The number of carbonyl (C=O) groups is 1. The molecule has 0 atom stereocenters. The fraction of sp³-hybridized carbons (Fsp3) is 0. The normalized spacial score (nSPS) is 12.4. The molecular weight excluding hydrogens is 208 g/mol. The van der Waals surface area contributed by atoms with Gasteiger partial charge in [0.25, 0.3) is 0 Å². The molecule has 78 valence electrons. The molecule has 0 bridgehead atoms. The van der Waals surface area contributed by atoms with Gasteiger partial charge in [-0.2, -0.15) is 0 Å². The second kappa shape index (κ2) is 2.79. The summed E-state index contributed by atoms with van der Waals surface area (Å²) in [7, 11) is 0. The monoisotopic (exact) mass is 214 g/mol. The van der Waals surface area contributed by atoms with Gasteiger partial charge in [-0.05, 0) is 0 Å². The lowest BCUT2D eigenvalue weighted by Gasteiger charge is -1.96. The Morgan fingerprint density at radius 1 is 0.750 bits per heavy atom. The van der Waals surface area contributed by atoms with E-state index >= 15 is 0 Å². The number of hydrogen-bond donors (Lipinski definition) is 2. The molecule has 0 saturated heterocycles. The minimum atomic E-state index is -0.806. The van der Waals surface area contributed by atoms with Gasteiger partial charge >= 0.3 is 11.1 Å². The molecule has 0 amide bonds. The lowest BCUT2D eigenvalue weighted by molar-refractivity contribution is 0.103. The molecule has 0 aliphatic heterocycles. The van der Waals surface area contributed by atoms with Crippen LogP contribution in [0.25, 0.3) is 11.3 Å². The van der Waals surface area contributed by atoms with Crippen LogP contribution in [-0.2, 0) is 0 Å². The first-order valence-corrected chi connectivity index (χ1v) is 4.69. The number of aromatic nitrogens is 2. The number of rotatable bonds is 0. The molecule has 1 aromatic heterocycles. The smallest absolute Gasteiger partial charge is 0.314 e. The van der Waals surface area contributed by atoms with Crippen molar-refractivity contribution >= 4 is 5.78 Å². The van der Waals surface area contributed by atoms with E-state index in [1.54, 1.807) is 24.3 Å². The fourth-order valence-electron chi connectivity index (χ4n) is 1.87. The molecule has 1 aliphatic carbocycles. The lowest BCUT2D eigenvalue weighted by atomic mass is 10.1. The number of ketones is 1. The lowest BCUT2D eigenvalue weighted by Crippen LogP contribution is -2.31. The molecule has 1 heterocycles. The van der Waals surface area contributed by atoms with Gasteiger partial charge in [-0.25, -0.2) is 0 Å². The van der Waals surface area contributed by atoms with Gasteiger partial charge in [0.15, 0.2) is 0 Å².